The molecule has 2 N–H and O–H groups in total. The maximum atomic E-state index is 13.4. The van der Waals surface area contributed by atoms with Crippen molar-refractivity contribution in [3.05, 3.63) is 125 Å². The smallest absolute Gasteiger partial charge is 0.253 e. The molecule has 0 bridgehead atoms. The van der Waals surface area contributed by atoms with Gasteiger partial charge in [0, 0.05) is 6.42 Å². The fraction of sp³-hybridized carbons (Fsp3) is 0.0714. The number of hydrogen-bond donors (Lipinski definition) is 2. The number of benzene rings is 4. The van der Waals surface area contributed by atoms with Crippen LogP contribution >= 0.6 is 11.6 Å². The van der Waals surface area contributed by atoms with Gasteiger partial charge in [-0.2, -0.15) is 0 Å². The van der Waals surface area contributed by atoms with Crippen LogP contribution < -0.4 is 15.4 Å². The van der Waals surface area contributed by atoms with Gasteiger partial charge in [-0.15, -0.1) is 0 Å². The van der Waals surface area contributed by atoms with Gasteiger partial charge in [0.05, 0.1) is 16.3 Å². The number of anilines is 1. The van der Waals surface area contributed by atoms with E-state index in [-0.39, 0.29) is 5.91 Å². The van der Waals surface area contributed by atoms with E-state index in [1.807, 2.05) is 72.8 Å². The fourth-order valence-electron chi connectivity index (χ4n) is 3.43. The molecule has 2 amide bonds. The molecule has 4 aromatic rings. The molecule has 170 valence electrons. The quantitative estimate of drug-likeness (QED) is 0.326. The number of hydrogen-bond acceptors (Lipinski definition) is 3. The highest BCUT2D eigenvalue weighted by Crippen LogP contribution is 2.29. The molecule has 0 aliphatic heterocycles. The summed E-state index contributed by atoms with van der Waals surface area (Å²) in [4.78, 5) is 26.3. The molecule has 0 heterocycles. The Morgan fingerprint density at radius 1 is 0.765 bits per heavy atom. The van der Waals surface area contributed by atoms with Gasteiger partial charge in [-0.05, 0) is 42.0 Å². The van der Waals surface area contributed by atoms with Crippen LogP contribution in [0.1, 0.15) is 15.9 Å². The standard InChI is InChI=1S/C28H23ClN2O3/c29-23-16-8-7-15-22(23)27(32)31-25(19-20-11-3-1-4-12-20)28(33)30-24-17-9-10-18-26(24)34-21-13-5-2-6-14-21/h1-18,25H,19H2,(H,30,33)(H,31,32). The van der Waals surface area contributed by atoms with Gasteiger partial charge < -0.3 is 15.4 Å². The Morgan fingerprint density at radius 2 is 1.38 bits per heavy atom. The zero-order valence-corrected chi connectivity index (χ0v) is 19.0. The molecule has 0 radical (unpaired) electrons. The maximum Gasteiger partial charge on any atom is 0.253 e. The summed E-state index contributed by atoms with van der Waals surface area (Å²) in [5, 5.41) is 6.07. The van der Waals surface area contributed by atoms with Crippen LogP contribution in [0.3, 0.4) is 0 Å². The Balaban J connectivity index is 1.56. The van der Waals surface area contributed by atoms with Gasteiger partial charge in [0.15, 0.2) is 5.75 Å². The second-order valence-electron chi connectivity index (χ2n) is 7.60. The maximum absolute atomic E-state index is 13.4. The Kier molecular flexibility index (Phi) is 7.58. The van der Waals surface area contributed by atoms with E-state index in [9.17, 15) is 9.59 Å². The van der Waals surface area contributed by atoms with Crippen molar-refractivity contribution >= 4 is 29.1 Å². The van der Waals surface area contributed by atoms with Crippen LogP contribution in [0.2, 0.25) is 5.02 Å². The first-order valence-corrected chi connectivity index (χ1v) is 11.2. The lowest BCUT2D eigenvalue weighted by Gasteiger charge is -2.20. The summed E-state index contributed by atoms with van der Waals surface area (Å²) in [6.07, 6.45) is 0.310. The van der Waals surface area contributed by atoms with E-state index in [1.165, 1.54) is 0 Å². The minimum Gasteiger partial charge on any atom is -0.455 e. The lowest BCUT2D eigenvalue weighted by Crippen LogP contribution is -2.45. The van der Waals surface area contributed by atoms with Crippen LogP contribution in [-0.4, -0.2) is 17.9 Å². The summed E-state index contributed by atoms with van der Waals surface area (Å²) >= 11 is 6.19. The third-order valence-corrected chi connectivity index (χ3v) is 5.47. The second-order valence-corrected chi connectivity index (χ2v) is 8.00. The summed E-state index contributed by atoms with van der Waals surface area (Å²) in [7, 11) is 0. The zero-order chi connectivity index (χ0) is 23.8. The molecule has 0 saturated heterocycles. The third kappa shape index (κ3) is 6.03. The normalized spacial score (nSPS) is 11.3. The zero-order valence-electron chi connectivity index (χ0n) is 18.3. The Morgan fingerprint density at radius 3 is 2.12 bits per heavy atom. The monoisotopic (exact) mass is 470 g/mol. The van der Waals surface area contributed by atoms with Gasteiger partial charge in [0.1, 0.15) is 11.8 Å². The first-order valence-electron chi connectivity index (χ1n) is 10.8. The fourth-order valence-corrected chi connectivity index (χ4v) is 3.66. The summed E-state index contributed by atoms with van der Waals surface area (Å²) in [6.45, 7) is 0. The van der Waals surface area contributed by atoms with Gasteiger partial charge in [-0.1, -0.05) is 84.4 Å². The van der Waals surface area contributed by atoms with Crippen LogP contribution in [0, 0.1) is 0 Å². The lowest BCUT2D eigenvalue weighted by molar-refractivity contribution is -0.118. The number of carbonyl (C=O) groups is 2. The van der Waals surface area contributed by atoms with E-state index in [4.69, 9.17) is 16.3 Å². The highest BCUT2D eigenvalue weighted by Gasteiger charge is 2.24. The minimum absolute atomic E-state index is 0.308. The highest BCUT2D eigenvalue weighted by molar-refractivity contribution is 6.33. The average Bonchev–Trinajstić information content (AvgIpc) is 2.86. The summed E-state index contributed by atoms with van der Waals surface area (Å²) in [6, 6.07) is 31.9. The summed E-state index contributed by atoms with van der Waals surface area (Å²) < 4.78 is 5.96. The van der Waals surface area contributed by atoms with Crippen molar-refractivity contribution in [2.24, 2.45) is 0 Å². The first-order chi connectivity index (χ1) is 16.6. The van der Waals surface area contributed by atoms with Crippen molar-refractivity contribution in [1.29, 1.82) is 0 Å². The van der Waals surface area contributed by atoms with Crippen molar-refractivity contribution in [2.45, 2.75) is 12.5 Å². The predicted octanol–water partition coefficient (Wildman–Crippen LogP) is 6.11. The molecule has 1 atom stereocenters. The van der Waals surface area contributed by atoms with E-state index >= 15 is 0 Å². The molecule has 0 aliphatic carbocycles. The molecule has 4 aromatic carbocycles. The second kappa shape index (κ2) is 11.2. The van der Waals surface area contributed by atoms with E-state index in [0.29, 0.717) is 34.2 Å². The molecule has 4 rings (SSSR count). The van der Waals surface area contributed by atoms with Crippen LogP contribution in [0.5, 0.6) is 11.5 Å². The number of halogens is 1. The molecule has 34 heavy (non-hydrogen) atoms. The molecule has 5 nitrogen and oxygen atoms in total. The van der Waals surface area contributed by atoms with Crippen molar-refractivity contribution in [3.8, 4) is 11.5 Å². The summed E-state index contributed by atoms with van der Waals surface area (Å²) in [5.74, 6) is 0.360. The van der Waals surface area contributed by atoms with Crippen molar-refractivity contribution in [2.75, 3.05) is 5.32 Å². The Labute approximate surface area is 203 Å². The van der Waals surface area contributed by atoms with Gasteiger partial charge in [0.2, 0.25) is 5.91 Å². The molecule has 0 aromatic heterocycles. The van der Waals surface area contributed by atoms with E-state index < -0.39 is 11.9 Å². The van der Waals surface area contributed by atoms with Crippen molar-refractivity contribution in [3.63, 3.8) is 0 Å². The first kappa shape index (κ1) is 23.1. The van der Waals surface area contributed by atoms with Gasteiger partial charge in [0.25, 0.3) is 5.91 Å². The van der Waals surface area contributed by atoms with Crippen LogP contribution in [0.4, 0.5) is 5.69 Å². The largest absolute Gasteiger partial charge is 0.455 e. The number of ether oxygens (including phenoxy) is 1. The van der Waals surface area contributed by atoms with E-state index in [1.54, 1.807) is 36.4 Å². The summed E-state index contributed by atoms with van der Waals surface area (Å²) in [5.41, 5.74) is 1.72. The number of amides is 2. The number of nitrogens with one attached hydrogen (secondary N) is 2. The Bertz CT molecular complexity index is 1260. The van der Waals surface area contributed by atoms with Gasteiger partial charge >= 0.3 is 0 Å². The third-order valence-electron chi connectivity index (χ3n) is 5.14. The molecule has 0 spiro atoms. The average molecular weight is 471 g/mol. The van der Waals surface area contributed by atoms with Crippen LogP contribution in [-0.2, 0) is 11.2 Å². The number of carbonyl (C=O) groups excluding carboxylic acids is 2. The number of rotatable bonds is 8. The van der Waals surface area contributed by atoms with Crippen LogP contribution in [0.25, 0.3) is 0 Å². The molecule has 0 fully saturated rings. The molecular formula is C28H23ClN2O3. The van der Waals surface area contributed by atoms with E-state index in [0.717, 1.165) is 5.56 Å². The van der Waals surface area contributed by atoms with Gasteiger partial charge in [-0.25, -0.2) is 0 Å². The van der Waals surface area contributed by atoms with E-state index in [2.05, 4.69) is 10.6 Å². The highest BCUT2D eigenvalue weighted by atomic mass is 35.5. The van der Waals surface area contributed by atoms with Crippen molar-refractivity contribution in [1.82, 2.24) is 5.32 Å². The molecule has 1 unspecified atom stereocenters. The molecule has 0 saturated carbocycles. The lowest BCUT2D eigenvalue weighted by atomic mass is 10.0. The minimum atomic E-state index is -0.837. The predicted molar refractivity (Wildman–Crippen MR) is 134 cm³/mol. The molecule has 6 heteroatoms. The van der Waals surface area contributed by atoms with Crippen molar-refractivity contribution < 1.29 is 14.3 Å². The molecular weight excluding hydrogens is 448 g/mol. The topological polar surface area (TPSA) is 67.4 Å². The number of para-hydroxylation sites is 3. The SMILES string of the molecule is O=C(NC(Cc1ccccc1)C(=O)Nc1ccccc1Oc1ccccc1)c1ccccc1Cl. The van der Waals surface area contributed by atoms with Gasteiger partial charge in [-0.3, -0.25) is 9.59 Å². The Hall–Kier alpha value is -4.09. The molecule has 0 aliphatic rings. The van der Waals surface area contributed by atoms with Crippen LogP contribution in [0.15, 0.2) is 109 Å².